The monoisotopic (exact) mass is 419 g/mol. The average molecular weight is 420 g/mol. The molecule has 1 atom stereocenters. The number of guanidine groups is 1. The van der Waals surface area contributed by atoms with E-state index in [0.717, 1.165) is 31.8 Å². The zero-order valence-electron chi connectivity index (χ0n) is 17.6. The van der Waals surface area contributed by atoms with Crippen molar-refractivity contribution >= 4 is 15.8 Å². The molecule has 0 amide bonds. The van der Waals surface area contributed by atoms with Gasteiger partial charge in [0.1, 0.15) is 22.2 Å². The van der Waals surface area contributed by atoms with Gasteiger partial charge in [0, 0.05) is 37.8 Å². The van der Waals surface area contributed by atoms with Crippen molar-refractivity contribution in [1.82, 2.24) is 20.2 Å². The van der Waals surface area contributed by atoms with E-state index in [1.807, 2.05) is 32.3 Å². The topological polar surface area (TPSA) is 88.4 Å². The quantitative estimate of drug-likeness (QED) is 0.431. The first-order valence-electron chi connectivity index (χ1n) is 10.1. The van der Waals surface area contributed by atoms with Crippen molar-refractivity contribution in [3.8, 4) is 0 Å². The largest absolute Gasteiger partial charge is 0.357 e. The predicted molar refractivity (Wildman–Crippen MR) is 119 cm³/mol. The molecule has 0 aliphatic carbocycles. The van der Waals surface area contributed by atoms with Gasteiger partial charge < -0.3 is 15.2 Å². The van der Waals surface area contributed by atoms with Crippen molar-refractivity contribution in [2.45, 2.75) is 52.2 Å². The molecule has 7 nitrogen and oxygen atoms in total. The molecule has 0 radical (unpaired) electrons. The number of nitrogens with one attached hydrogen (secondary N) is 2. The minimum absolute atomic E-state index is 0.00754. The molecule has 8 heteroatoms. The van der Waals surface area contributed by atoms with Crippen LogP contribution >= 0.6 is 0 Å². The molecule has 0 saturated heterocycles. The molecule has 1 aromatic heterocycles. The lowest BCUT2D eigenvalue weighted by Gasteiger charge is -2.17. The van der Waals surface area contributed by atoms with Gasteiger partial charge in [-0.1, -0.05) is 30.3 Å². The molecular weight excluding hydrogens is 386 g/mol. The molecule has 1 unspecified atom stereocenters. The molecule has 0 spiro atoms. The Morgan fingerprint density at radius 3 is 2.72 bits per heavy atom. The van der Waals surface area contributed by atoms with Gasteiger partial charge in [0.05, 0.1) is 5.75 Å². The number of benzene rings is 1. The highest BCUT2D eigenvalue weighted by Gasteiger charge is 2.10. The van der Waals surface area contributed by atoms with E-state index in [2.05, 4.69) is 49.4 Å². The fourth-order valence-electron chi connectivity index (χ4n) is 2.96. The molecule has 2 aromatic rings. The Bertz CT molecular complexity index is 862. The van der Waals surface area contributed by atoms with Gasteiger partial charge in [-0.3, -0.25) is 0 Å². The van der Waals surface area contributed by atoms with Crippen LogP contribution in [0.3, 0.4) is 0 Å². The molecule has 0 aliphatic heterocycles. The summed E-state index contributed by atoms with van der Waals surface area (Å²) in [5.41, 5.74) is 1.34. The Morgan fingerprint density at radius 2 is 2.03 bits per heavy atom. The standard InChI is InChI=1S/C21H33N5O2S/c1-4-22-21(25-18(2)12-16-29(3,27)28)24-17-20-23-13-15-26(20)14-8-11-19-9-6-5-7-10-19/h5-7,9-10,13,15,18H,4,8,11-12,14,16-17H2,1-3H3,(H2,22,24,25). The van der Waals surface area contributed by atoms with Gasteiger partial charge in [-0.05, 0) is 38.7 Å². The number of rotatable bonds is 11. The first kappa shape index (κ1) is 22.9. The second-order valence-corrected chi connectivity index (χ2v) is 9.54. The molecule has 2 rings (SSSR count). The Hall–Kier alpha value is -2.35. The second-order valence-electron chi connectivity index (χ2n) is 7.29. The molecule has 1 aromatic carbocycles. The number of hydrogen-bond acceptors (Lipinski definition) is 4. The summed E-state index contributed by atoms with van der Waals surface area (Å²) in [7, 11) is -2.96. The van der Waals surface area contributed by atoms with Crippen molar-refractivity contribution in [2.24, 2.45) is 4.99 Å². The second kappa shape index (κ2) is 11.6. The maximum atomic E-state index is 11.4. The molecule has 0 saturated carbocycles. The van der Waals surface area contributed by atoms with Crippen LogP contribution in [0.5, 0.6) is 0 Å². The fourth-order valence-corrected chi connectivity index (χ4v) is 3.74. The van der Waals surface area contributed by atoms with Gasteiger partial charge in [0.2, 0.25) is 0 Å². The normalized spacial score (nSPS) is 13.3. The Kier molecular flexibility index (Phi) is 9.18. The molecular formula is C21H33N5O2S. The molecule has 0 bridgehead atoms. The van der Waals surface area contributed by atoms with Crippen LogP contribution in [0.4, 0.5) is 0 Å². The van der Waals surface area contributed by atoms with Gasteiger partial charge >= 0.3 is 0 Å². The highest BCUT2D eigenvalue weighted by Crippen LogP contribution is 2.07. The Labute approximate surface area is 174 Å². The van der Waals surface area contributed by atoms with Crippen molar-refractivity contribution in [1.29, 1.82) is 0 Å². The third-order valence-electron chi connectivity index (χ3n) is 4.54. The van der Waals surface area contributed by atoms with Crippen LogP contribution in [-0.4, -0.2) is 48.5 Å². The molecule has 0 fully saturated rings. The summed E-state index contributed by atoms with van der Waals surface area (Å²) in [6.45, 7) is 6.06. The van der Waals surface area contributed by atoms with Gasteiger partial charge in [-0.15, -0.1) is 0 Å². The number of aliphatic imine (C=N–C) groups is 1. The minimum atomic E-state index is -2.96. The fraction of sp³-hybridized carbons (Fsp3) is 0.524. The summed E-state index contributed by atoms with van der Waals surface area (Å²) in [6, 6.07) is 10.5. The average Bonchev–Trinajstić information content (AvgIpc) is 3.12. The SMILES string of the molecule is CCNC(=NCc1nccn1CCCc1ccccc1)NC(C)CCS(C)(=O)=O. The molecule has 2 N–H and O–H groups in total. The number of sulfone groups is 1. The Balaban J connectivity index is 1.89. The molecule has 160 valence electrons. The number of imidazole rings is 1. The summed E-state index contributed by atoms with van der Waals surface area (Å²) in [4.78, 5) is 9.07. The van der Waals surface area contributed by atoms with Crippen LogP contribution in [0.15, 0.2) is 47.7 Å². The summed E-state index contributed by atoms with van der Waals surface area (Å²) in [5.74, 6) is 1.75. The number of aromatic nitrogens is 2. The lowest BCUT2D eigenvalue weighted by atomic mass is 10.1. The van der Waals surface area contributed by atoms with Gasteiger partial charge in [0.15, 0.2) is 5.96 Å². The molecule has 29 heavy (non-hydrogen) atoms. The summed E-state index contributed by atoms with van der Waals surface area (Å²) >= 11 is 0. The van der Waals surface area contributed by atoms with Crippen LogP contribution < -0.4 is 10.6 Å². The van der Waals surface area contributed by atoms with E-state index in [1.165, 1.54) is 11.8 Å². The van der Waals surface area contributed by atoms with Crippen LogP contribution in [0.2, 0.25) is 0 Å². The van der Waals surface area contributed by atoms with Gasteiger partial charge in [-0.25, -0.2) is 18.4 Å². The van der Waals surface area contributed by atoms with E-state index < -0.39 is 9.84 Å². The van der Waals surface area contributed by atoms with Gasteiger partial charge in [0.25, 0.3) is 0 Å². The van der Waals surface area contributed by atoms with E-state index in [1.54, 1.807) is 0 Å². The number of nitrogens with zero attached hydrogens (tertiary/aromatic N) is 3. The first-order chi connectivity index (χ1) is 13.9. The van der Waals surface area contributed by atoms with Crippen LogP contribution in [0.1, 0.15) is 38.1 Å². The van der Waals surface area contributed by atoms with E-state index in [9.17, 15) is 8.42 Å². The summed E-state index contributed by atoms with van der Waals surface area (Å²) < 4.78 is 24.9. The zero-order valence-corrected chi connectivity index (χ0v) is 18.5. The highest BCUT2D eigenvalue weighted by atomic mass is 32.2. The van der Waals surface area contributed by atoms with E-state index in [-0.39, 0.29) is 11.8 Å². The van der Waals surface area contributed by atoms with Crippen LogP contribution in [-0.2, 0) is 29.3 Å². The maximum Gasteiger partial charge on any atom is 0.191 e. The van der Waals surface area contributed by atoms with Crippen molar-refractivity contribution in [3.05, 3.63) is 54.1 Å². The van der Waals surface area contributed by atoms with Crippen molar-refractivity contribution in [2.75, 3.05) is 18.6 Å². The van der Waals surface area contributed by atoms with Crippen molar-refractivity contribution < 1.29 is 8.42 Å². The number of hydrogen-bond donors (Lipinski definition) is 2. The third kappa shape index (κ3) is 9.13. The highest BCUT2D eigenvalue weighted by molar-refractivity contribution is 7.90. The predicted octanol–water partition coefficient (Wildman–Crippen LogP) is 2.39. The zero-order chi connectivity index (χ0) is 21.1. The minimum Gasteiger partial charge on any atom is -0.357 e. The summed E-state index contributed by atoms with van der Waals surface area (Å²) in [5, 5.41) is 6.48. The third-order valence-corrected chi connectivity index (χ3v) is 5.51. The Morgan fingerprint density at radius 1 is 1.28 bits per heavy atom. The lowest BCUT2D eigenvalue weighted by molar-refractivity contribution is 0.580. The van der Waals surface area contributed by atoms with Crippen LogP contribution in [0.25, 0.3) is 0 Å². The summed E-state index contributed by atoms with van der Waals surface area (Å²) in [6.07, 6.45) is 7.67. The van der Waals surface area contributed by atoms with Gasteiger partial charge in [-0.2, -0.15) is 0 Å². The van der Waals surface area contributed by atoms with Crippen molar-refractivity contribution in [3.63, 3.8) is 0 Å². The smallest absolute Gasteiger partial charge is 0.191 e. The lowest BCUT2D eigenvalue weighted by Crippen LogP contribution is -2.42. The molecule has 1 heterocycles. The van der Waals surface area contributed by atoms with E-state index >= 15 is 0 Å². The van der Waals surface area contributed by atoms with E-state index in [0.29, 0.717) is 18.9 Å². The number of aryl methyl sites for hydroxylation is 2. The maximum absolute atomic E-state index is 11.4. The van der Waals surface area contributed by atoms with E-state index in [4.69, 9.17) is 0 Å². The molecule has 0 aliphatic rings. The van der Waals surface area contributed by atoms with Crippen LogP contribution in [0, 0.1) is 0 Å². The first-order valence-corrected chi connectivity index (χ1v) is 12.2.